The summed E-state index contributed by atoms with van der Waals surface area (Å²) in [6, 6.07) is 20.2. The summed E-state index contributed by atoms with van der Waals surface area (Å²) in [5.74, 6) is 1.61. The first kappa shape index (κ1) is 13.5. The summed E-state index contributed by atoms with van der Waals surface area (Å²) >= 11 is 0. The second-order valence-electron chi connectivity index (χ2n) is 4.75. The minimum atomic E-state index is 0.388. The van der Waals surface area contributed by atoms with Crippen LogP contribution in [0.15, 0.2) is 71.3 Å². The average molecular weight is 279 g/mol. The summed E-state index contributed by atoms with van der Waals surface area (Å²) in [4.78, 5) is 0. The average Bonchev–Trinajstić information content (AvgIpc) is 3.02. The van der Waals surface area contributed by atoms with Crippen LogP contribution in [0.25, 0.3) is 11.1 Å². The van der Waals surface area contributed by atoms with Gasteiger partial charge in [0.2, 0.25) is 0 Å². The highest BCUT2D eigenvalue weighted by atomic mass is 16.5. The molecule has 1 aromatic heterocycles. The SMILES string of the molecule is NCc1occc1COc1ccc(-c2ccccc2)cc1. The summed E-state index contributed by atoms with van der Waals surface area (Å²) in [6.45, 7) is 0.854. The highest BCUT2D eigenvalue weighted by Crippen LogP contribution is 2.23. The smallest absolute Gasteiger partial charge is 0.123 e. The minimum absolute atomic E-state index is 0.388. The number of benzene rings is 2. The van der Waals surface area contributed by atoms with Crippen molar-refractivity contribution >= 4 is 0 Å². The maximum absolute atomic E-state index is 5.77. The lowest BCUT2D eigenvalue weighted by molar-refractivity contribution is 0.302. The molecule has 3 heteroatoms. The molecule has 0 unspecified atom stereocenters. The van der Waals surface area contributed by atoms with Gasteiger partial charge in [0.05, 0.1) is 12.8 Å². The third-order valence-electron chi connectivity index (χ3n) is 3.38. The van der Waals surface area contributed by atoms with E-state index < -0.39 is 0 Å². The molecule has 3 rings (SSSR count). The fourth-order valence-corrected chi connectivity index (χ4v) is 2.21. The monoisotopic (exact) mass is 279 g/mol. The topological polar surface area (TPSA) is 48.4 Å². The normalized spacial score (nSPS) is 10.5. The maximum atomic E-state index is 5.77. The maximum Gasteiger partial charge on any atom is 0.123 e. The minimum Gasteiger partial charge on any atom is -0.489 e. The Balaban J connectivity index is 1.68. The first-order chi connectivity index (χ1) is 10.4. The zero-order chi connectivity index (χ0) is 14.5. The van der Waals surface area contributed by atoms with Crippen LogP contribution in [0.5, 0.6) is 5.75 Å². The molecule has 0 aliphatic carbocycles. The van der Waals surface area contributed by atoms with Gasteiger partial charge in [-0.2, -0.15) is 0 Å². The van der Waals surface area contributed by atoms with Crippen LogP contribution < -0.4 is 10.5 Å². The van der Waals surface area contributed by atoms with Crippen molar-refractivity contribution < 1.29 is 9.15 Å². The molecule has 0 aliphatic rings. The number of furan rings is 1. The van der Waals surface area contributed by atoms with Crippen molar-refractivity contribution in [3.05, 3.63) is 78.3 Å². The van der Waals surface area contributed by atoms with E-state index in [9.17, 15) is 0 Å². The summed E-state index contributed by atoms with van der Waals surface area (Å²) < 4.78 is 11.0. The summed E-state index contributed by atoms with van der Waals surface area (Å²) in [5, 5.41) is 0. The Morgan fingerprint density at radius 3 is 2.29 bits per heavy atom. The molecule has 1 heterocycles. The van der Waals surface area contributed by atoms with Gasteiger partial charge in [-0.3, -0.25) is 0 Å². The predicted octanol–water partition coefficient (Wildman–Crippen LogP) is 3.98. The fourth-order valence-electron chi connectivity index (χ4n) is 2.21. The number of hydrogen-bond acceptors (Lipinski definition) is 3. The van der Waals surface area contributed by atoms with Crippen LogP contribution >= 0.6 is 0 Å². The van der Waals surface area contributed by atoms with Crippen LogP contribution in [0.3, 0.4) is 0 Å². The molecule has 21 heavy (non-hydrogen) atoms. The van der Waals surface area contributed by atoms with Crippen molar-refractivity contribution in [3.8, 4) is 16.9 Å². The zero-order valence-electron chi connectivity index (χ0n) is 11.7. The highest BCUT2D eigenvalue weighted by molar-refractivity contribution is 5.63. The molecule has 2 N–H and O–H groups in total. The first-order valence-electron chi connectivity index (χ1n) is 6.90. The van der Waals surface area contributed by atoms with Gasteiger partial charge < -0.3 is 14.9 Å². The van der Waals surface area contributed by atoms with E-state index in [1.54, 1.807) is 6.26 Å². The number of rotatable bonds is 5. The summed E-state index contributed by atoms with van der Waals surface area (Å²) in [5.41, 5.74) is 8.96. The molecule has 0 spiro atoms. The lowest BCUT2D eigenvalue weighted by Crippen LogP contribution is -2.01. The molecule has 106 valence electrons. The molecule has 0 aliphatic heterocycles. The molecule has 3 aromatic rings. The standard InChI is InChI=1S/C18H17NO2/c19-12-18-16(10-11-20-18)13-21-17-8-6-15(7-9-17)14-4-2-1-3-5-14/h1-11H,12-13,19H2. The van der Waals surface area contributed by atoms with E-state index in [4.69, 9.17) is 14.9 Å². The number of nitrogens with two attached hydrogens (primary N) is 1. The molecular weight excluding hydrogens is 262 g/mol. The van der Waals surface area contributed by atoms with E-state index in [1.807, 2.05) is 36.4 Å². The fraction of sp³-hybridized carbons (Fsp3) is 0.111. The van der Waals surface area contributed by atoms with Gasteiger partial charge in [-0.05, 0) is 29.3 Å². The zero-order valence-corrected chi connectivity index (χ0v) is 11.7. The van der Waals surface area contributed by atoms with Crippen LogP contribution in [-0.2, 0) is 13.2 Å². The second-order valence-corrected chi connectivity index (χ2v) is 4.75. The van der Waals surface area contributed by atoms with Crippen LogP contribution in [0, 0.1) is 0 Å². The van der Waals surface area contributed by atoms with E-state index in [1.165, 1.54) is 11.1 Å². The van der Waals surface area contributed by atoms with Gasteiger partial charge >= 0.3 is 0 Å². The van der Waals surface area contributed by atoms with Crippen LogP contribution in [0.1, 0.15) is 11.3 Å². The van der Waals surface area contributed by atoms with Crippen molar-refractivity contribution in [1.29, 1.82) is 0 Å². The van der Waals surface area contributed by atoms with Crippen molar-refractivity contribution in [1.82, 2.24) is 0 Å². The molecule has 0 radical (unpaired) electrons. The molecule has 0 bridgehead atoms. The lowest BCUT2D eigenvalue weighted by Gasteiger charge is -2.07. The van der Waals surface area contributed by atoms with Gasteiger partial charge in [0.1, 0.15) is 18.1 Å². The van der Waals surface area contributed by atoms with Crippen molar-refractivity contribution in [2.75, 3.05) is 0 Å². The molecule has 0 atom stereocenters. The Kier molecular flexibility index (Phi) is 4.03. The van der Waals surface area contributed by atoms with Crippen molar-refractivity contribution in [3.63, 3.8) is 0 Å². The Hall–Kier alpha value is -2.52. The van der Waals surface area contributed by atoms with Crippen LogP contribution in [0.2, 0.25) is 0 Å². The third-order valence-corrected chi connectivity index (χ3v) is 3.38. The van der Waals surface area contributed by atoms with Gasteiger partial charge in [0, 0.05) is 5.56 Å². The predicted molar refractivity (Wildman–Crippen MR) is 82.8 cm³/mol. The van der Waals surface area contributed by atoms with Gasteiger partial charge in [-0.1, -0.05) is 42.5 Å². The number of ether oxygens (including phenoxy) is 1. The van der Waals surface area contributed by atoms with Crippen molar-refractivity contribution in [2.45, 2.75) is 13.2 Å². The van der Waals surface area contributed by atoms with Gasteiger partial charge in [0.15, 0.2) is 0 Å². The van der Waals surface area contributed by atoms with Crippen molar-refractivity contribution in [2.24, 2.45) is 5.73 Å². The van der Waals surface area contributed by atoms with E-state index in [0.717, 1.165) is 17.1 Å². The molecule has 0 saturated heterocycles. The summed E-state index contributed by atoms with van der Waals surface area (Å²) in [6.07, 6.45) is 1.64. The van der Waals surface area contributed by atoms with Crippen LogP contribution in [-0.4, -0.2) is 0 Å². The largest absolute Gasteiger partial charge is 0.489 e. The van der Waals surface area contributed by atoms with Gasteiger partial charge in [0.25, 0.3) is 0 Å². The van der Waals surface area contributed by atoms with E-state index in [0.29, 0.717) is 13.2 Å². The summed E-state index contributed by atoms with van der Waals surface area (Å²) in [7, 11) is 0. The second kappa shape index (κ2) is 6.29. The van der Waals surface area contributed by atoms with E-state index in [2.05, 4.69) is 24.3 Å². The van der Waals surface area contributed by atoms with Gasteiger partial charge in [-0.15, -0.1) is 0 Å². The van der Waals surface area contributed by atoms with E-state index in [-0.39, 0.29) is 0 Å². The molecule has 0 saturated carbocycles. The lowest BCUT2D eigenvalue weighted by atomic mass is 10.1. The Labute approximate surface area is 124 Å². The van der Waals surface area contributed by atoms with E-state index >= 15 is 0 Å². The third kappa shape index (κ3) is 3.15. The highest BCUT2D eigenvalue weighted by Gasteiger charge is 2.05. The molecular formula is C18H17NO2. The Morgan fingerprint density at radius 1 is 0.857 bits per heavy atom. The number of hydrogen-bond donors (Lipinski definition) is 1. The Bertz CT molecular complexity index is 687. The Morgan fingerprint density at radius 2 is 1.57 bits per heavy atom. The molecule has 0 amide bonds. The van der Waals surface area contributed by atoms with Gasteiger partial charge in [-0.25, -0.2) is 0 Å². The quantitative estimate of drug-likeness (QED) is 0.768. The molecule has 3 nitrogen and oxygen atoms in total. The first-order valence-corrected chi connectivity index (χ1v) is 6.90. The molecule has 2 aromatic carbocycles. The van der Waals surface area contributed by atoms with Crippen LogP contribution in [0.4, 0.5) is 0 Å². The molecule has 0 fully saturated rings.